The van der Waals surface area contributed by atoms with E-state index in [0.29, 0.717) is 11.4 Å². The molecule has 5 nitrogen and oxygen atoms in total. The largest absolute Gasteiger partial charge is 0.495 e. The lowest BCUT2D eigenvalue weighted by Gasteiger charge is -2.22. The maximum Gasteiger partial charge on any atom is 0.412 e. The summed E-state index contributed by atoms with van der Waals surface area (Å²) in [5.41, 5.74) is 6.65. The quantitative estimate of drug-likeness (QED) is 0.834. The molecule has 0 aliphatic heterocycles. The van der Waals surface area contributed by atoms with Crippen molar-refractivity contribution in [2.75, 3.05) is 12.4 Å². The minimum Gasteiger partial charge on any atom is -0.495 e. The fourth-order valence-corrected chi connectivity index (χ4v) is 2.47. The number of hydrogen-bond donors (Lipinski definition) is 2. The normalized spacial score (nSPS) is 22.7. The molecule has 5 heteroatoms. The van der Waals surface area contributed by atoms with Gasteiger partial charge in [0.2, 0.25) is 0 Å². The van der Waals surface area contributed by atoms with Gasteiger partial charge in [0.25, 0.3) is 0 Å². The van der Waals surface area contributed by atoms with Gasteiger partial charge >= 0.3 is 6.09 Å². The number of amides is 1. The highest BCUT2D eigenvalue weighted by atomic mass is 16.6. The molecule has 0 bridgehead atoms. The Morgan fingerprint density at radius 2 is 2.00 bits per heavy atom. The fraction of sp³-hybridized carbons (Fsp3) is 0.533. The second-order valence-corrected chi connectivity index (χ2v) is 5.07. The number of para-hydroxylation sites is 2. The molecule has 0 heterocycles. The van der Waals surface area contributed by atoms with Crippen LogP contribution in [0.5, 0.6) is 5.75 Å². The van der Waals surface area contributed by atoms with Gasteiger partial charge in [-0.15, -0.1) is 0 Å². The van der Waals surface area contributed by atoms with E-state index in [0.717, 1.165) is 32.1 Å². The van der Waals surface area contributed by atoms with E-state index in [1.165, 1.54) is 0 Å². The lowest BCUT2D eigenvalue weighted by atomic mass is 10.1. The number of anilines is 1. The second-order valence-electron chi connectivity index (χ2n) is 5.07. The molecule has 1 aromatic carbocycles. The number of hydrogen-bond acceptors (Lipinski definition) is 4. The first-order chi connectivity index (χ1) is 9.70. The molecule has 1 amide bonds. The van der Waals surface area contributed by atoms with Crippen molar-refractivity contribution >= 4 is 11.8 Å². The molecule has 1 fully saturated rings. The zero-order valence-electron chi connectivity index (χ0n) is 11.8. The van der Waals surface area contributed by atoms with Gasteiger partial charge in [-0.25, -0.2) is 4.79 Å². The van der Waals surface area contributed by atoms with Crippen LogP contribution in [0.3, 0.4) is 0 Å². The lowest BCUT2D eigenvalue weighted by Crippen LogP contribution is -2.38. The summed E-state index contributed by atoms with van der Waals surface area (Å²) in [5.74, 6) is 0.606. The summed E-state index contributed by atoms with van der Waals surface area (Å²) in [4.78, 5) is 12.0. The van der Waals surface area contributed by atoms with Gasteiger partial charge in [0, 0.05) is 6.04 Å². The summed E-state index contributed by atoms with van der Waals surface area (Å²) in [7, 11) is 1.56. The van der Waals surface area contributed by atoms with E-state index in [2.05, 4.69) is 5.32 Å². The van der Waals surface area contributed by atoms with E-state index in [1.807, 2.05) is 12.1 Å². The van der Waals surface area contributed by atoms with Gasteiger partial charge in [0.1, 0.15) is 11.9 Å². The summed E-state index contributed by atoms with van der Waals surface area (Å²) in [6, 6.07) is 7.16. The Kier molecular flexibility index (Phi) is 5.24. The van der Waals surface area contributed by atoms with Crippen molar-refractivity contribution in [2.45, 2.75) is 44.2 Å². The molecule has 0 saturated heterocycles. The van der Waals surface area contributed by atoms with Crippen molar-refractivity contribution in [3.05, 3.63) is 24.3 Å². The third-order valence-corrected chi connectivity index (χ3v) is 3.61. The zero-order valence-corrected chi connectivity index (χ0v) is 11.8. The summed E-state index contributed by atoms with van der Waals surface area (Å²) >= 11 is 0. The molecule has 1 saturated carbocycles. The number of ether oxygens (including phenoxy) is 2. The highest BCUT2D eigenvalue weighted by Gasteiger charge is 2.24. The van der Waals surface area contributed by atoms with E-state index in [9.17, 15) is 4.79 Å². The average Bonchev–Trinajstić information content (AvgIpc) is 2.65. The van der Waals surface area contributed by atoms with E-state index in [1.54, 1.807) is 19.2 Å². The Balaban J connectivity index is 1.94. The molecule has 0 spiro atoms. The minimum absolute atomic E-state index is 0.0686. The van der Waals surface area contributed by atoms with Crippen LogP contribution in [0.2, 0.25) is 0 Å². The number of carbonyl (C=O) groups excluding carboxylic acids is 1. The Labute approximate surface area is 119 Å². The molecule has 1 aliphatic rings. The summed E-state index contributed by atoms with van der Waals surface area (Å²) in [5, 5.41) is 2.71. The highest BCUT2D eigenvalue weighted by Crippen LogP contribution is 2.24. The van der Waals surface area contributed by atoms with Gasteiger partial charge in [0.05, 0.1) is 12.8 Å². The second kappa shape index (κ2) is 7.14. The number of rotatable bonds is 3. The van der Waals surface area contributed by atoms with E-state index in [4.69, 9.17) is 15.2 Å². The van der Waals surface area contributed by atoms with Crippen molar-refractivity contribution in [2.24, 2.45) is 5.73 Å². The van der Waals surface area contributed by atoms with Gasteiger partial charge in [0.15, 0.2) is 0 Å². The van der Waals surface area contributed by atoms with E-state index in [-0.39, 0.29) is 12.1 Å². The Morgan fingerprint density at radius 3 is 2.80 bits per heavy atom. The van der Waals surface area contributed by atoms with Crippen molar-refractivity contribution in [3.63, 3.8) is 0 Å². The molecule has 1 aliphatic carbocycles. The fourth-order valence-electron chi connectivity index (χ4n) is 2.47. The topological polar surface area (TPSA) is 73.6 Å². The standard InChI is InChI=1S/C15H22N2O3/c1-19-14-10-6-5-8-12(14)17-15(18)20-13-9-4-2-3-7-11(13)16/h5-6,8,10-11,13H,2-4,7,9,16H2,1H3,(H,17,18). The SMILES string of the molecule is COc1ccccc1NC(=O)OC1CCCCCC1N. The molecule has 1 aromatic rings. The van der Waals surface area contributed by atoms with E-state index >= 15 is 0 Å². The molecule has 110 valence electrons. The minimum atomic E-state index is -0.475. The van der Waals surface area contributed by atoms with Crippen molar-refractivity contribution in [1.82, 2.24) is 0 Å². The Hall–Kier alpha value is -1.75. The number of benzene rings is 1. The van der Waals surface area contributed by atoms with Gasteiger partial charge in [-0.05, 0) is 31.4 Å². The molecular formula is C15H22N2O3. The average molecular weight is 278 g/mol. The first-order valence-electron chi connectivity index (χ1n) is 7.07. The third-order valence-electron chi connectivity index (χ3n) is 3.61. The molecule has 2 atom stereocenters. The Morgan fingerprint density at radius 1 is 1.25 bits per heavy atom. The van der Waals surface area contributed by atoms with Crippen LogP contribution >= 0.6 is 0 Å². The van der Waals surface area contributed by atoms with Crippen LogP contribution in [0.15, 0.2) is 24.3 Å². The number of nitrogens with one attached hydrogen (secondary N) is 1. The molecule has 0 radical (unpaired) electrons. The van der Waals surface area contributed by atoms with Gasteiger partial charge < -0.3 is 15.2 Å². The van der Waals surface area contributed by atoms with Crippen LogP contribution in [0.1, 0.15) is 32.1 Å². The van der Waals surface area contributed by atoms with Crippen LogP contribution in [0.4, 0.5) is 10.5 Å². The lowest BCUT2D eigenvalue weighted by molar-refractivity contribution is 0.0898. The smallest absolute Gasteiger partial charge is 0.412 e. The molecule has 0 aromatic heterocycles. The summed E-state index contributed by atoms with van der Waals surface area (Å²) in [6.45, 7) is 0. The van der Waals surface area contributed by atoms with Gasteiger partial charge in [-0.2, -0.15) is 0 Å². The van der Waals surface area contributed by atoms with Crippen LogP contribution in [0, 0.1) is 0 Å². The van der Waals surface area contributed by atoms with E-state index < -0.39 is 6.09 Å². The van der Waals surface area contributed by atoms with Crippen LogP contribution < -0.4 is 15.8 Å². The predicted octanol–water partition coefficient (Wildman–Crippen LogP) is 2.90. The Bertz CT molecular complexity index is 450. The third kappa shape index (κ3) is 3.87. The summed E-state index contributed by atoms with van der Waals surface area (Å²) in [6.07, 6.45) is 4.38. The van der Waals surface area contributed by atoms with Gasteiger partial charge in [-0.1, -0.05) is 25.0 Å². The zero-order chi connectivity index (χ0) is 14.4. The monoisotopic (exact) mass is 278 g/mol. The molecule has 20 heavy (non-hydrogen) atoms. The summed E-state index contributed by atoms with van der Waals surface area (Å²) < 4.78 is 10.6. The highest BCUT2D eigenvalue weighted by molar-refractivity contribution is 5.86. The van der Waals surface area contributed by atoms with Crippen molar-refractivity contribution in [1.29, 1.82) is 0 Å². The number of carbonyl (C=O) groups is 1. The van der Waals surface area contributed by atoms with Crippen LogP contribution in [0.25, 0.3) is 0 Å². The van der Waals surface area contributed by atoms with Crippen molar-refractivity contribution < 1.29 is 14.3 Å². The molecule has 2 rings (SSSR count). The first kappa shape index (κ1) is 14.7. The first-order valence-corrected chi connectivity index (χ1v) is 7.07. The number of methoxy groups -OCH3 is 1. The molecule has 2 unspecified atom stereocenters. The maximum atomic E-state index is 12.0. The van der Waals surface area contributed by atoms with Crippen LogP contribution in [-0.2, 0) is 4.74 Å². The molecule has 3 N–H and O–H groups in total. The van der Waals surface area contributed by atoms with Crippen molar-refractivity contribution in [3.8, 4) is 5.75 Å². The van der Waals surface area contributed by atoms with Gasteiger partial charge in [-0.3, -0.25) is 5.32 Å². The number of nitrogens with two attached hydrogens (primary N) is 1. The molecular weight excluding hydrogens is 256 g/mol. The van der Waals surface area contributed by atoms with Crippen LogP contribution in [-0.4, -0.2) is 25.3 Å². The predicted molar refractivity (Wildman–Crippen MR) is 77.9 cm³/mol. The maximum absolute atomic E-state index is 12.0.